The number of nitrogens with zero attached hydrogens (tertiary/aromatic N) is 2. The van der Waals surface area contributed by atoms with Gasteiger partial charge in [0.25, 0.3) is 0 Å². The van der Waals surface area contributed by atoms with Crippen molar-refractivity contribution < 1.29 is 14.3 Å². The van der Waals surface area contributed by atoms with Gasteiger partial charge in [-0.05, 0) is 56.5 Å². The minimum absolute atomic E-state index is 0.0817. The van der Waals surface area contributed by atoms with Gasteiger partial charge in [0.05, 0.1) is 18.6 Å². The van der Waals surface area contributed by atoms with Crippen molar-refractivity contribution in [2.24, 2.45) is 0 Å². The third kappa shape index (κ3) is 4.40. The topological polar surface area (TPSA) is 49.9 Å². The number of methoxy groups -OCH3 is 1. The fourth-order valence-corrected chi connectivity index (χ4v) is 3.89. The highest BCUT2D eigenvalue weighted by molar-refractivity contribution is 5.90. The Labute approximate surface area is 149 Å². The molecule has 0 bridgehead atoms. The van der Waals surface area contributed by atoms with Gasteiger partial charge in [-0.25, -0.2) is 4.79 Å². The fraction of sp³-hybridized carbons (Fsp3) is 0.600. The molecule has 0 spiro atoms. The van der Waals surface area contributed by atoms with Gasteiger partial charge in [0.15, 0.2) is 0 Å². The number of hydrogen-bond acceptors (Lipinski definition) is 4. The molecule has 2 fully saturated rings. The number of likely N-dealkylation sites (tertiary alicyclic amines) is 2. The van der Waals surface area contributed by atoms with E-state index in [1.54, 1.807) is 12.1 Å². The summed E-state index contributed by atoms with van der Waals surface area (Å²) in [6, 6.07) is 7.29. The quantitative estimate of drug-likeness (QED) is 0.771. The van der Waals surface area contributed by atoms with Crippen molar-refractivity contribution in [3.05, 3.63) is 35.4 Å². The molecule has 136 valence electrons. The van der Waals surface area contributed by atoms with Crippen molar-refractivity contribution in [3.63, 3.8) is 0 Å². The van der Waals surface area contributed by atoms with Crippen molar-refractivity contribution in [3.8, 4) is 0 Å². The van der Waals surface area contributed by atoms with E-state index in [4.69, 9.17) is 4.74 Å². The van der Waals surface area contributed by atoms with E-state index in [0.29, 0.717) is 5.56 Å². The number of rotatable bonds is 5. The number of carbonyl (C=O) groups is 2. The second-order valence-electron chi connectivity index (χ2n) is 7.04. The van der Waals surface area contributed by atoms with Gasteiger partial charge < -0.3 is 14.5 Å². The Morgan fingerprint density at radius 1 is 1.04 bits per heavy atom. The first-order valence-electron chi connectivity index (χ1n) is 9.38. The van der Waals surface area contributed by atoms with Crippen LogP contribution >= 0.6 is 0 Å². The summed E-state index contributed by atoms with van der Waals surface area (Å²) in [6.45, 7) is 5.01. The van der Waals surface area contributed by atoms with Crippen molar-refractivity contribution in [1.29, 1.82) is 0 Å². The van der Waals surface area contributed by atoms with E-state index in [0.717, 1.165) is 38.0 Å². The summed E-state index contributed by atoms with van der Waals surface area (Å²) in [5.74, 6) is -0.194. The molecule has 25 heavy (non-hydrogen) atoms. The molecule has 3 rings (SSSR count). The van der Waals surface area contributed by atoms with Gasteiger partial charge >= 0.3 is 5.97 Å². The standard InChI is InChI=1S/C20H28N2O3/c1-25-20(24)17-9-7-16(8-10-17)18-6-5-13-22(19(18)23)15-14-21-11-3-2-4-12-21/h7-10,18H,2-6,11-15H2,1H3. The molecule has 2 aliphatic rings. The normalized spacial score (nSPS) is 22.0. The zero-order chi connectivity index (χ0) is 17.6. The van der Waals surface area contributed by atoms with E-state index in [1.165, 1.54) is 39.5 Å². The summed E-state index contributed by atoms with van der Waals surface area (Å²) in [6.07, 6.45) is 5.82. The molecule has 1 atom stereocenters. The SMILES string of the molecule is COC(=O)c1ccc(C2CCCN(CCN3CCCCC3)C2=O)cc1. The predicted molar refractivity (Wildman–Crippen MR) is 96.6 cm³/mol. The maximum Gasteiger partial charge on any atom is 0.337 e. The van der Waals surface area contributed by atoms with E-state index in [1.807, 2.05) is 17.0 Å². The van der Waals surface area contributed by atoms with E-state index in [-0.39, 0.29) is 17.8 Å². The highest BCUT2D eigenvalue weighted by Gasteiger charge is 2.30. The van der Waals surface area contributed by atoms with Crippen LogP contribution in [0.1, 0.15) is 53.9 Å². The van der Waals surface area contributed by atoms with E-state index < -0.39 is 0 Å². The fourth-order valence-electron chi connectivity index (χ4n) is 3.89. The Morgan fingerprint density at radius 3 is 2.44 bits per heavy atom. The lowest BCUT2D eigenvalue weighted by atomic mass is 9.89. The van der Waals surface area contributed by atoms with Gasteiger partial charge in [0, 0.05) is 19.6 Å². The minimum atomic E-state index is -0.343. The molecule has 2 heterocycles. The summed E-state index contributed by atoms with van der Waals surface area (Å²) < 4.78 is 4.73. The molecular formula is C20H28N2O3. The molecule has 5 heteroatoms. The third-order valence-corrected chi connectivity index (χ3v) is 5.40. The van der Waals surface area contributed by atoms with Crippen LogP contribution in [0.4, 0.5) is 0 Å². The van der Waals surface area contributed by atoms with Gasteiger partial charge in [-0.3, -0.25) is 4.79 Å². The Bertz CT molecular complexity index is 593. The molecule has 0 N–H and O–H groups in total. The summed E-state index contributed by atoms with van der Waals surface area (Å²) in [4.78, 5) is 28.9. The molecule has 1 unspecified atom stereocenters. The van der Waals surface area contributed by atoms with Crippen LogP contribution in [0.2, 0.25) is 0 Å². The number of benzene rings is 1. The average molecular weight is 344 g/mol. The predicted octanol–water partition coefficient (Wildman–Crippen LogP) is 2.67. The summed E-state index contributed by atoms with van der Waals surface area (Å²) in [5.41, 5.74) is 1.52. The third-order valence-electron chi connectivity index (χ3n) is 5.40. The molecular weight excluding hydrogens is 316 g/mol. The second-order valence-corrected chi connectivity index (χ2v) is 7.04. The van der Waals surface area contributed by atoms with Crippen LogP contribution in [0.5, 0.6) is 0 Å². The van der Waals surface area contributed by atoms with Crippen LogP contribution in [0.15, 0.2) is 24.3 Å². The number of carbonyl (C=O) groups excluding carboxylic acids is 2. The monoisotopic (exact) mass is 344 g/mol. The minimum Gasteiger partial charge on any atom is -0.465 e. The summed E-state index contributed by atoms with van der Waals surface area (Å²) >= 11 is 0. The number of hydrogen-bond donors (Lipinski definition) is 0. The zero-order valence-corrected chi connectivity index (χ0v) is 15.1. The van der Waals surface area contributed by atoms with Crippen molar-refractivity contribution in [2.45, 2.75) is 38.0 Å². The largest absolute Gasteiger partial charge is 0.465 e. The first-order valence-corrected chi connectivity index (χ1v) is 9.38. The van der Waals surface area contributed by atoms with Crippen LogP contribution in [0.3, 0.4) is 0 Å². The molecule has 2 aliphatic heterocycles. The molecule has 5 nitrogen and oxygen atoms in total. The van der Waals surface area contributed by atoms with Crippen LogP contribution in [-0.4, -0.2) is 61.5 Å². The van der Waals surface area contributed by atoms with Crippen LogP contribution in [0.25, 0.3) is 0 Å². The Kier molecular flexibility index (Phi) is 6.08. The molecule has 0 aromatic heterocycles. The van der Waals surface area contributed by atoms with E-state index >= 15 is 0 Å². The zero-order valence-electron chi connectivity index (χ0n) is 15.1. The average Bonchev–Trinajstić information content (AvgIpc) is 2.67. The molecule has 0 saturated carbocycles. The summed E-state index contributed by atoms with van der Waals surface area (Å²) in [7, 11) is 1.38. The Morgan fingerprint density at radius 2 is 1.76 bits per heavy atom. The number of ether oxygens (including phenoxy) is 1. The Balaban J connectivity index is 1.60. The van der Waals surface area contributed by atoms with E-state index in [2.05, 4.69) is 4.90 Å². The lowest BCUT2D eigenvalue weighted by molar-refractivity contribution is -0.135. The molecule has 0 radical (unpaired) electrons. The smallest absolute Gasteiger partial charge is 0.337 e. The van der Waals surface area contributed by atoms with Crippen LogP contribution in [-0.2, 0) is 9.53 Å². The molecule has 2 saturated heterocycles. The number of piperidine rings is 2. The lowest BCUT2D eigenvalue weighted by Crippen LogP contribution is -2.45. The molecule has 0 aliphatic carbocycles. The second kappa shape index (κ2) is 8.48. The maximum absolute atomic E-state index is 12.9. The molecule has 1 amide bonds. The van der Waals surface area contributed by atoms with Crippen molar-refractivity contribution in [1.82, 2.24) is 9.80 Å². The van der Waals surface area contributed by atoms with Crippen molar-refractivity contribution in [2.75, 3.05) is 39.8 Å². The highest BCUT2D eigenvalue weighted by Crippen LogP contribution is 2.28. The summed E-state index contributed by atoms with van der Waals surface area (Å²) in [5, 5.41) is 0. The first-order chi connectivity index (χ1) is 12.2. The number of esters is 1. The van der Waals surface area contributed by atoms with Gasteiger partial charge in [-0.2, -0.15) is 0 Å². The maximum atomic E-state index is 12.9. The lowest BCUT2D eigenvalue weighted by Gasteiger charge is -2.35. The Hall–Kier alpha value is -1.88. The van der Waals surface area contributed by atoms with Crippen LogP contribution < -0.4 is 0 Å². The van der Waals surface area contributed by atoms with Gasteiger partial charge in [0.2, 0.25) is 5.91 Å². The van der Waals surface area contributed by atoms with Crippen molar-refractivity contribution >= 4 is 11.9 Å². The molecule has 1 aromatic carbocycles. The first kappa shape index (κ1) is 17.9. The highest BCUT2D eigenvalue weighted by atomic mass is 16.5. The number of amides is 1. The van der Waals surface area contributed by atoms with Crippen LogP contribution in [0, 0.1) is 0 Å². The van der Waals surface area contributed by atoms with Gasteiger partial charge in [-0.1, -0.05) is 18.6 Å². The van der Waals surface area contributed by atoms with Gasteiger partial charge in [-0.15, -0.1) is 0 Å². The molecule has 1 aromatic rings. The van der Waals surface area contributed by atoms with Gasteiger partial charge in [0.1, 0.15) is 0 Å². The van der Waals surface area contributed by atoms with E-state index in [9.17, 15) is 9.59 Å².